The lowest BCUT2D eigenvalue weighted by Crippen LogP contribution is -2.57. The minimum Gasteiger partial charge on any atom is -0.481 e. The average molecular weight is 456 g/mol. The van der Waals surface area contributed by atoms with Gasteiger partial charge in [-0.1, -0.05) is 44.2 Å². The van der Waals surface area contributed by atoms with Crippen molar-refractivity contribution in [2.45, 2.75) is 51.7 Å². The van der Waals surface area contributed by atoms with E-state index in [1.165, 1.54) is 6.92 Å². The number of carboxylic acid groups (broad SMARTS) is 1. The van der Waals surface area contributed by atoms with Gasteiger partial charge in [-0.05, 0) is 42.2 Å². The fourth-order valence-electron chi connectivity index (χ4n) is 3.25. The lowest BCUT2D eigenvalue weighted by atomic mass is 10.0. The second kappa shape index (κ2) is 11.3. The molecule has 9 heteroatoms. The van der Waals surface area contributed by atoms with Crippen LogP contribution in [0.3, 0.4) is 0 Å². The van der Waals surface area contributed by atoms with Gasteiger partial charge in [0.2, 0.25) is 11.8 Å². The molecule has 2 rings (SSSR count). The molecule has 3 atom stereocenters. The van der Waals surface area contributed by atoms with Crippen LogP contribution in [0, 0.1) is 5.92 Å². The van der Waals surface area contributed by atoms with E-state index in [1.54, 1.807) is 32.0 Å². The summed E-state index contributed by atoms with van der Waals surface area (Å²) in [6, 6.07) is 8.95. The number of imide groups is 1. The predicted molar refractivity (Wildman–Crippen MR) is 122 cm³/mol. The fourth-order valence-corrected chi connectivity index (χ4v) is 3.25. The number of nitrogens with two attached hydrogens (primary N) is 1. The molecule has 9 nitrogen and oxygen atoms in total. The lowest BCUT2D eigenvalue weighted by molar-refractivity contribution is -0.139. The highest BCUT2D eigenvalue weighted by Gasteiger charge is 2.36. The largest absolute Gasteiger partial charge is 0.481 e. The van der Waals surface area contributed by atoms with Gasteiger partial charge in [0.1, 0.15) is 12.3 Å². The molecule has 0 aliphatic rings. The molecule has 33 heavy (non-hydrogen) atoms. The van der Waals surface area contributed by atoms with Gasteiger partial charge in [0.05, 0.1) is 12.1 Å². The number of amides is 3. The van der Waals surface area contributed by atoms with Crippen LogP contribution in [0.25, 0.3) is 10.8 Å². The van der Waals surface area contributed by atoms with Crippen LogP contribution in [-0.4, -0.2) is 58.1 Å². The standard InChI is InChI=1S/C24H29N3O6/c1-14(2)21(25)24(33)27(15(3)22(31)26-19(13-28)10-11-20(29)30)23(32)18-9-8-16-6-4-5-7-17(16)12-18/h4-9,12-15,19,21H,10-11,25H2,1-3H3,(H,26,31)(H,29,30)/t15-,19?,21-/m0/s1. The van der Waals surface area contributed by atoms with E-state index < -0.39 is 41.8 Å². The Morgan fingerprint density at radius 2 is 1.70 bits per heavy atom. The third-order valence-electron chi connectivity index (χ3n) is 5.38. The highest BCUT2D eigenvalue weighted by molar-refractivity contribution is 6.10. The van der Waals surface area contributed by atoms with Gasteiger partial charge in [-0.15, -0.1) is 0 Å². The number of nitrogens with one attached hydrogen (secondary N) is 1. The Balaban J connectivity index is 2.36. The van der Waals surface area contributed by atoms with E-state index in [9.17, 15) is 24.0 Å². The zero-order valence-electron chi connectivity index (χ0n) is 18.9. The maximum Gasteiger partial charge on any atom is 0.303 e. The van der Waals surface area contributed by atoms with E-state index in [4.69, 9.17) is 10.8 Å². The SMILES string of the molecule is CC(C)[C@H](N)C(=O)N(C(=O)c1ccc2ccccc2c1)[C@@H](C)C(=O)NC(C=O)CCC(=O)O. The second-order valence-electron chi connectivity index (χ2n) is 8.20. The summed E-state index contributed by atoms with van der Waals surface area (Å²) in [7, 11) is 0. The van der Waals surface area contributed by atoms with E-state index in [0.717, 1.165) is 15.7 Å². The van der Waals surface area contributed by atoms with E-state index in [1.807, 2.05) is 24.3 Å². The molecule has 2 aromatic rings. The van der Waals surface area contributed by atoms with Crippen LogP contribution in [0.1, 0.15) is 44.0 Å². The highest BCUT2D eigenvalue weighted by atomic mass is 16.4. The van der Waals surface area contributed by atoms with Crippen LogP contribution in [0.15, 0.2) is 42.5 Å². The summed E-state index contributed by atoms with van der Waals surface area (Å²) in [4.78, 5) is 62.2. The van der Waals surface area contributed by atoms with Crippen molar-refractivity contribution in [3.63, 3.8) is 0 Å². The number of carbonyl (C=O) groups is 5. The minimum atomic E-state index is -1.28. The smallest absolute Gasteiger partial charge is 0.303 e. The summed E-state index contributed by atoms with van der Waals surface area (Å²) >= 11 is 0. The van der Waals surface area contributed by atoms with Crippen LogP contribution in [0.5, 0.6) is 0 Å². The Hall–Kier alpha value is -3.59. The first-order valence-electron chi connectivity index (χ1n) is 10.7. The molecule has 2 aromatic carbocycles. The van der Waals surface area contributed by atoms with Gasteiger partial charge in [-0.25, -0.2) is 0 Å². The Kier molecular flexibility index (Phi) is 8.81. The Labute approximate surface area is 191 Å². The summed E-state index contributed by atoms with van der Waals surface area (Å²) in [5, 5.41) is 12.9. The zero-order valence-corrected chi connectivity index (χ0v) is 18.9. The molecule has 4 N–H and O–H groups in total. The molecule has 176 valence electrons. The van der Waals surface area contributed by atoms with Crippen LogP contribution in [-0.2, 0) is 19.2 Å². The fraction of sp³-hybridized carbons (Fsp3) is 0.375. The summed E-state index contributed by atoms with van der Waals surface area (Å²) < 4.78 is 0. The number of hydrogen-bond donors (Lipinski definition) is 3. The van der Waals surface area contributed by atoms with E-state index in [2.05, 4.69) is 5.32 Å². The molecule has 1 unspecified atom stereocenters. The van der Waals surface area contributed by atoms with Crippen molar-refractivity contribution in [1.29, 1.82) is 0 Å². The first-order chi connectivity index (χ1) is 15.6. The molecule has 0 aliphatic heterocycles. The average Bonchev–Trinajstić information content (AvgIpc) is 2.80. The van der Waals surface area contributed by atoms with Crippen molar-refractivity contribution in [3.05, 3.63) is 48.0 Å². The molecule has 0 aromatic heterocycles. The van der Waals surface area contributed by atoms with Crippen LogP contribution >= 0.6 is 0 Å². The molecule has 0 heterocycles. The van der Waals surface area contributed by atoms with Gasteiger partial charge < -0.3 is 21.0 Å². The number of aldehydes is 1. The first-order valence-corrected chi connectivity index (χ1v) is 10.7. The molecule has 3 amide bonds. The van der Waals surface area contributed by atoms with Crippen molar-refractivity contribution < 1.29 is 29.1 Å². The molecular weight excluding hydrogens is 426 g/mol. The third kappa shape index (κ3) is 6.45. The normalized spacial score (nSPS) is 13.7. The van der Waals surface area contributed by atoms with E-state index in [0.29, 0.717) is 6.29 Å². The van der Waals surface area contributed by atoms with Gasteiger partial charge in [0.15, 0.2) is 0 Å². The topological polar surface area (TPSA) is 147 Å². The van der Waals surface area contributed by atoms with Gasteiger partial charge in [0, 0.05) is 12.0 Å². The van der Waals surface area contributed by atoms with E-state index in [-0.39, 0.29) is 24.3 Å². The third-order valence-corrected chi connectivity index (χ3v) is 5.38. The van der Waals surface area contributed by atoms with Gasteiger partial charge in [-0.3, -0.25) is 24.1 Å². The molecular formula is C24H29N3O6. The first kappa shape index (κ1) is 25.7. The van der Waals surface area contributed by atoms with Crippen molar-refractivity contribution in [2.75, 3.05) is 0 Å². The second-order valence-corrected chi connectivity index (χ2v) is 8.20. The minimum absolute atomic E-state index is 0.116. The number of hydrogen-bond acceptors (Lipinski definition) is 6. The quantitative estimate of drug-likeness (QED) is 0.462. The number of nitrogens with zero attached hydrogens (tertiary/aromatic N) is 1. The Morgan fingerprint density at radius 3 is 2.27 bits per heavy atom. The molecule has 0 aliphatic carbocycles. The molecule has 0 bridgehead atoms. The number of aliphatic carboxylic acids is 1. The van der Waals surface area contributed by atoms with Crippen LogP contribution < -0.4 is 11.1 Å². The zero-order chi connectivity index (χ0) is 24.7. The number of rotatable bonds is 10. The molecule has 0 radical (unpaired) electrons. The Bertz CT molecular complexity index is 1050. The van der Waals surface area contributed by atoms with Crippen molar-refractivity contribution >= 4 is 40.7 Å². The number of benzene rings is 2. The monoisotopic (exact) mass is 455 g/mol. The molecule has 0 spiro atoms. The van der Waals surface area contributed by atoms with Crippen molar-refractivity contribution in [1.82, 2.24) is 10.2 Å². The summed E-state index contributed by atoms with van der Waals surface area (Å²) in [5.41, 5.74) is 6.22. The lowest BCUT2D eigenvalue weighted by Gasteiger charge is -2.30. The van der Waals surface area contributed by atoms with E-state index >= 15 is 0 Å². The molecule has 0 saturated heterocycles. The molecule has 0 saturated carbocycles. The van der Waals surface area contributed by atoms with Gasteiger partial charge in [0.25, 0.3) is 5.91 Å². The van der Waals surface area contributed by atoms with Crippen molar-refractivity contribution in [3.8, 4) is 0 Å². The molecule has 0 fully saturated rings. The summed E-state index contributed by atoms with van der Waals surface area (Å²) in [6.07, 6.45) is -0.0188. The predicted octanol–water partition coefficient (Wildman–Crippen LogP) is 1.73. The van der Waals surface area contributed by atoms with Crippen LogP contribution in [0.2, 0.25) is 0 Å². The summed E-state index contributed by atoms with van der Waals surface area (Å²) in [5.74, 6) is -3.60. The maximum absolute atomic E-state index is 13.4. The highest BCUT2D eigenvalue weighted by Crippen LogP contribution is 2.19. The van der Waals surface area contributed by atoms with Crippen molar-refractivity contribution in [2.24, 2.45) is 11.7 Å². The number of carbonyl (C=O) groups excluding carboxylic acids is 4. The van der Waals surface area contributed by atoms with Gasteiger partial charge in [-0.2, -0.15) is 0 Å². The Morgan fingerprint density at radius 1 is 1.06 bits per heavy atom. The summed E-state index contributed by atoms with van der Waals surface area (Å²) in [6.45, 7) is 4.80. The van der Waals surface area contributed by atoms with Crippen LogP contribution in [0.4, 0.5) is 0 Å². The maximum atomic E-state index is 13.4. The number of carboxylic acids is 1. The van der Waals surface area contributed by atoms with Gasteiger partial charge >= 0.3 is 5.97 Å². The number of fused-ring (bicyclic) bond motifs is 1.